The lowest BCUT2D eigenvalue weighted by atomic mass is 9.75. The molecule has 3 atom stereocenters. The van der Waals surface area contributed by atoms with E-state index in [0.717, 1.165) is 5.56 Å². The highest BCUT2D eigenvalue weighted by Crippen LogP contribution is 2.39. The van der Waals surface area contributed by atoms with E-state index in [2.05, 4.69) is 10.3 Å². The second-order valence-corrected chi connectivity index (χ2v) is 9.37. The minimum Gasteiger partial charge on any atom is -0.468 e. The number of nitrogens with one attached hydrogen (secondary N) is 1. The summed E-state index contributed by atoms with van der Waals surface area (Å²) in [5.41, 5.74) is 1.53. The van der Waals surface area contributed by atoms with Gasteiger partial charge in [-0.1, -0.05) is 44.2 Å². The molecule has 7 heteroatoms. The number of rotatable bonds is 6. The molecule has 174 valence electrons. The molecule has 0 radical (unpaired) electrons. The van der Waals surface area contributed by atoms with Gasteiger partial charge in [0, 0.05) is 22.9 Å². The summed E-state index contributed by atoms with van der Waals surface area (Å²) in [5, 5.41) is 2.84. The molecular weight excluding hydrogens is 408 g/mol. The molecule has 1 aromatic carbocycles. The normalized spacial score (nSPS) is 19.8. The number of carbonyl (C=O) groups excluding carboxylic acids is 3. The molecule has 32 heavy (non-hydrogen) atoms. The second kappa shape index (κ2) is 10.1. The average molecular weight is 443 g/mol. The maximum Gasteiger partial charge on any atom is 0.329 e. The van der Waals surface area contributed by atoms with Crippen LogP contribution in [0.25, 0.3) is 0 Å². The third kappa shape index (κ3) is 5.84. The summed E-state index contributed by atoms with van der Waals surface area (Å²) in [6.07, 6.45) is 0. The summed E-state index contributed by atoms with van der Waals surface area (Å²) >= 11 is 0. The van der Waals surface area contributed by atoms with Crippen LogP contribution in [0.2, 0.25) is 0 Å². The molecule has 0 saturated carbocycles. The number of allylic oxidation sites excluding steroid dienone is 1. The van der Waals surface area contributed by atoms with Crippen molar-refractivity contribution in [3.63, 3.8) is 0 Å². The van der Waals surface area contributed by atoms with Gasteiger partial charge in [0.05, 0.1) is 7.11 Å². The Balaban J connectivity index is 2.50. The van der Waals surface area contributed by atoms with Crippen LogP contribution < -0.4 is 5.32 Å². The molecule has 1 N–H and O–H groups in total. The van der Waals surface area contributed by atoms with Crippen LogP contribution in [0.4, 0.5) is 0 Å². The number of esters is 2. The molecule has 2 rings (SSSR count). The predicted molar refractivity (Wildman–Crippen MR) is 123 cm³/mol. The Hall–Kier alpha value is -2.96. The molecule has 0 fully saturated rings. The molecule has 0 spiro atoms. The second-order valence-electron chi connectivity index (χ2n) is 9.37. The molecule has 1 aromatic rings. The maximum absolute atomic E-state index is 13.5. The van der Waals surface area contributed by atoms with E-state index < -0.39 is 41.3 Å². The van der Waals surface area contributed by atoms with Crippen molar-refractivity contribution in [2.24, 2.45) is 16.8 Å². The topological polar surface area (TPSA) is 94.1 Å². The van der Waals surface area contributed by atoms with Crippen LogP contribution in [0.1, 0.15) is 59.9 Å². The van der Waals surface area contributed by atoms with Crippen LogP contribution in [0.15, 0.2) is 46.6 Å². The highest BCUT2D eigenvalue weighted by molar-refractivity contribution is 6.08. The fourth-order valence-electron chi connectivity index (χ4n) is 3.87. The van der Waals surface area contributed by atoms with Crippen molar-refractivity contribution in [2.75, 3.05) is 7.11 Å². The zero-order valence-corrected chi connectivity index (χ0v) is 20.2. The minimum atomic E-state index is -0.845. The van der Waals surface area contributed by atoms with Gasteiger partial charge in [0.1, 0.15) is 17.6 Å². The first kappa shape index (κ1) is 25.3. The number of benzene rings is 1. The summed E-state index contributed by atoms with van der Waals surface area (Å²) in [6.45, 7) is 12.5. The van der Waals surface area contributed by atoms with Crippen molar-refractivity contribution in [1.82, 2.24) is 5.32 Å². The Kier molecular flexibility index (Phi) is 7.99. The molecule has 1 aliphatic heterocycles. The van der Waals surface area contributed by atoms with Gasteiger partial charge >= 0.3 is 11.9 Å². The molecule has 0 aliphatic carbocycles. The maximum atomic E-state index is 13.5. The van der Waals surface area contributed by atoms with E-state index in [1.807, 2.05) is 44.2 Å². The zero-order valence-electron chi connectivity index (χ0n) is 20.2. The van der Waals surface area contributed by atoms with Crippen LogP contribution in [0.5, 0.6) is 0 Å². The summed E-state index contributed by atoms with van der Waals surface area (Å²) in [5.74, 6) is -2.96. The van der Waals surface area contributed by atoms with Gasteiger partial charge < -0.3 is 14.8 Å². The number of aliphatic imine (C=N–C) groups is 1. The quantitative estimate of drug-likeness (QED) is 0.677. The van der Waals surface area contributed by atoms with E-state index in [4.69, 9.17) is 9.47 Å². The molecule has 0 saturated heterocycles. The van der Waals surface area contributed by atoms with Gasteiger partial charge in [-0.3, -0.25) is 14.6 Å². The van der Waals surface area contributed by atoms with E-state index in [9.17, 15) is 14.4 Å². The number of hydrogen-bond acceptors (Lipinski definition) is 6. The molecule has 0 aromatic heterocycles. The van der Waals surface area contributed by atoms with Gasteiger partial charge in [-0.25, -0.2) is 4.79 Å². The smallest absolute Gasteiger partial charge is 0.329 e. The third-order valence-corrected chi connectivity index (χ3v) is 5.30. The zero-order chi connectivity index (χ0) is 24.2. The van der Waals surface area contributed by atoms with Gasteiger partial charge in [0.15, 0.2) is 0 Å². The summed E-state index contributed by atoms with van der Waals surface area (Å²) in [6, 6.07) is 8.47. The lowest BCUT2D eigenvalue weighted by molar-refractivity contribution is -0.159. The largest absolute Gasteiger partial charge is 0.468 e. The van der Waals surface area contributed by atoms with Gasteiger partial charge in [0.25, 0.3) is 0 Å². The van der Waals surface area contributed by atoms with E-state index in [1.165, 1.54) is 7.11 Å². The van der Waals surface area contributed by atoms with Crippen LogP contribution in [0, 0.1) is 11.8 Å². The summed E-state index contributed by atoms with van der Waals surface area (Å²) in [4.78, 5) is 43.5. The van der Waals surface area contributed by atoms with Crippen molar-refractivity contribution >= 4 is 23.6 Å². The first-order chi connectivity index (χ1) is 14.9. The SMILES string of the molecule is COC(=O)C1C(C)=NC(C)=C(C(=O)N[C@H](C(=O)OC(C)(C)C)C(C)C)C1c1ccccc1. The first-order valence-corrected chi connectivity index (χ1v) is 10.8. The van der Waals surface area contributed by atoms with Crippen LogP contribution in [-0.4, -0.2) is 42.3 Å². The fourth-order valence-corrected chi connectivity index (χ4v) is 3.87. The Morgan fingerprint density at radius 3 is 2.16 bits per heavy atom. The molecule has 2 unspecified atom stereocenters. The summed E-state index contributed by atoms with van der Waals surface area (Å²) in [7, 11) is 1.32. The number of amides is 1. The molecule has 1 heterocycles. The van der Waals surface area contributed by atoms with Gasteiger partial charge in [-0.15, -0.1) is 0 Å². The molecule has 1 aliphatic rings. The monoisotopic (exact) mass is 442 g/mol. The number of carbonyl (C=O) groups is 3. The molecule has 1 amide bonds. The number of nitrogens with zero attached hydrogens (tertiary/aromatic N) is 1. The van der Waals surface area contributed by atoms with Crippen molar-refractivity contribution in [2.45, 2.75) is 66.0 Å². The number of methoxy groups -OCH3 is 1. The molecule has 7 nitrogen and oxygen atoms in total. The number of hydrogen-bond donors (Lipinski definition) is 1. The first-order valence-electron chi connectivity index (χ1n) is 10.8. The highest BCUT2D eigenvalue weighted by atomic mass is 16.6. The van der Waals surface area contributed by atoms with Crippen molar-refractivity contribution in [3.8, 4) is 0 Å². The Bertz CT molecular complexity index is 925. The minimum absolute atomic E-state index is 0.199. The molecular formula is C25H34N2O5. The van der Waals surface area contributed by atoms with Gasteiger partial charge in [-0.05, 0) is 46.1 Å². The summed E-state index contributed by atoms with van der Waals surface area (Å²) < 4.78 is 10.5. The van der Waals surface area contributed by atoms with Gasteiger partial charge in [0.2, 0.25) is 5.91 Å². The van der Waals surface area contributed by atoms with Crippen molar-refractivity contribution in [3.05, 3.63) is 47.2 Å². The average Bonchev–Trinajstić information content (AvgIpc) is 2.69. The predicted octanol–water partition coefficient (Wildman–Crippen LogP) is 3.79. The van der Waals surface area contributed by atoms with Gasteiger partial charge in [-0.2, -0.15) is 0 Å². The lowest BCUT2D eigenvalue weighted by Crippen LogP contribution is -2.49. The van der Waals surface area contributed by atoms with E-state index in [0.29, 0.717) is 17.0 Å². The lowest BCUT2D eigenvalue weighted by Gasteiger charge is -2.33. The van der Waals surface area contributed by atoms with E-state index in [-0.39, 0.29) is 5.92 Å². The standard InChI is InChI=1S/C25H34N2O5/c1-14(2)21(24(30)32-25(5,6)7)27-22(28)18-15(3)26-16(4)19(23(29)31-8)20(18)17-12-10-9-11-13-17/h9-14,19-21H,1-8H3,(H,27,28)/t19?,20?,21-/m0/s1. The van der Waals surface area contributed by atoms with Crippen LogP contribution in [0.3, 0.4) is 0 Å². The Labute approximate surface area is 190 Å². The van der Waals surface area contributed by atoms with E-state index in [1.54, 1.807) is 34.6 Å². The fraction of sp³-hybridized carbons (Fsp3) is 0.520. The number of ether oxygens (including phenoxy) is 2. The van der Waals surface area contributed by atoms with E-state index >= 15 is 0 Å². The third-order valence-electron chi connectivity index (χ3n) is 5.30. The van der Waals surface area contributed by atoms with Crippen molar-refractivity contribution in [1.29, 1.82) is 0 Å². The van der Waals surface area contributed by atoms with Crippen LogP contribution in [-0.2, 0) is 23.9 Å². The Morgan fingerprint density at radius 2 is 1.66 bits per heavy atom. The van der Waals surface area contributed by atoms with Crippen molar-refractivity contribution < 1.29 is 23.9 Å². The highest BCUT2D eigenvalue weighted by Gasteiger charge is 2.42. The Morgan fingerprint density at radius 1 is 1.06 bits per heavy atom. The molecule has 0 bridgehead atoms. The van der Waals surface area contributed by atoms with Crippen LogP contribution >= 0.6 is 0 Å².